The summed E-state index contributed by atoms with van der Waals surface area (Å²) in [4.78, 5) is 0. The van der Waals surface area contributed by atoms with Gasteiger partial charge in [0.2, 0.25) is 0 Å². The van der Waals surface area contributed by atoms with E-state index in [0.717, 1.165) is 0 Å². The van der Waals surface area contributed by atoms with Crippen molar-refractivity contribution in [2.45, 2.75) is 71.0 Å². The first-order valence-electron chi connectivity index (χ1n) is 5.82. The molecular formula is C12H26S. The second kappa shape index (κ2) is 7.73. The molecule has 0 aliphatic rings. The number of thioether (sulfide) groups is 1. The summed E-state index contributed by atoms with van der Waals surface area (Å²) >= 11 is 2.19. The largest absolute Gasteiger partial charge is 0.155 e. The van der Waals surface area contributed by atoms with E-state index in [1.54, 1.807) is 0 Å². The van der Waals surface area contributed by atoms with Gasteiger partial charge in [0, 0.05) is 4.75 Å². The molecule has 1 unspecified atom stereocenters. The maximum Gasteiger partial charge on any atom is 0.0129 e. The molecular weight excluding hydrogens is 176 g/mol. The van der Waals surface area contributed by atoms with E-state index in [2.05, 4.69) is 39.5 Å². The van der Waals surface area contributed by atoms with Crippen molar-refractivity contribution >= 4 is 11.8 Å². The molecule has 0 bridgehead atoms. The molecule has 0 aromatic carbocycles. The summed E-state index contributed by atoms with van der Waals surface area (Å²) in [5.41, 5.74) is 0. The lowest BCUT2D eigenvalue weighted by molar-refractivity contribution is 0.537. The highest BCUT2D eigenvalue weighted by Crippen LogP contribution is 2.34. The van der Waals surface area contributed by atoms with Crippen LogP contribution in [0, 0.1) is 0 Å². The van der Waals surface area contributed by atoms with Crippen LogP contribution in [-0.2, 0) is 0 Å². The summed E-state index contributed by atoms with van der Waals surface area (Å²) in [5, 5.41) is 0. The molecule has 0 aliphatic carbocycles. The monoisotopic (exact) mass is 202 g/mol. The van der Waals surface area contributed by atoms with E-state index in [4.69, 9.17) is 0 Å². The highest BCUT2D eigenvalue weighted by atomic mass is 32.2. The van der Waals surface area contributed by atoms with Crippen molar-refractivity contribution in [2.24, 2.45) is 0 Å². The van der Waals surface area contributed by atoms with Crippen molar-refractivity contribution in [1.29, 1.82) is 0 Å². The van der Waals surface area contributed by atoms with E-state index in [0.29, 0.717) is 4.75 Å². The molecule has 0 saturated carbocycles. The standard InChI is InChI=1S/C12H26S/c1-5-8-10-12(4,7-3)13-11-9-6-2/h5-11H2,1-4H3. The van der Waals surface area contributed by atoms with E-state index >= 15 is 0 Å². The Bertz CT molecular complexity index is 112. The van der Waals surface area contributed by atoms with Gasteiger partial charge in [0.25, 0.3) is 0 Å². The van der Waals surface area contributed by atoms with E-state index in [1.165, 1.54) is 44.3 Å². The molecule has 80 valence electrons. The molecule has 0 amide bonds. The molecule has 13 heavy (non-hydrogen) atoms. The Hall–Kier alpha value is 0.350. The van der Waals surface area contributed by atoms with Gasteiger partial charge in [0.1, 0.15) is 0 Å². The van der Waals surface area contributed by atoms with Crippen LogP contribution in [0.1, 0.15) is 66.2 Å². The summed E-state index contributed by atoms with van der Waals surface area (Å²) in [7, 11) is 0. The number of hydrogen-bond acceptors (Lipinski definition) is 1. The van der Waals surface area contributed by atoms with E-state index in [9.17, 15) is 0 Å². The zero-order chi connectivity index (χ0) is 10.2. The summed E-state index contributed by atoms with van der Waals surface area (Å²) in [5.74, 6) is 1.35. The van der Waals surface area contributed by atoms with Crippen molar-refractivity contribution in [3.63, 3.8) is 0 Å². The lowest BCUT2D eigenvalue weighted by Gasteiger charge is -2.27. The first-order chi connectivity index (χ1) is 6.18. The van der Waals surface area contributed by atoms with E-state index < -0.39 is 0 Å². The molecule has 0 radical (unpaired) electrons. The molecule has 1 atom stereocenters. The van der Waals surface area contributed by atoms with Crippen LogP contribution >= 0.6 is 11.8 Å². The zero-order valence-corrected chi connectivity index (χ0v) is 10.7. The molecule has 0 aromatic heterocycles. The molecule has 0 aromatic rings. The van der Waals surface area contributed by atoms with Gasteiger partial charge in [-0.2, -0.15) is 11.8 Å². The van der Waals surface area contributed by atoms with Gasteiger partial charge in [0.15, 0.2) is 0 Å². The molecule has 0 aliphatic heterocycles. The van der Waals surface area contributed by atoms with Gasteiger partial charge in [-0.1, -0.05) is 47.0 Å². The third-order valence-electron chi connectivity index (χ3n) is 2.76. The van der Waals surface area contributed by atoms with Crippen molar-refractivity contribution < 1.29 is 0 Å². The van der Waals surface area contributed by atoms with Gasteiger partial charge in [0.05, 0.1) is 0 Å². The minimum atomic E-state index is 0.561. The lowest BCUT2D eigenvalue weighted by Crippen LogP contribution is -2.19. The molecule has 0 fully saturated rings. The third kappa shape index (κ3) is 6.42. The van der Waals surface area contributed by atoms with Crippen LogP contribution in [0.15, 0.2) is 0 Å². The second-order valence-electron chi connectivity index (χ2n) is 4.11. The van der Waals surface area contributed by atoms with Gasteiger partial charge in [-0.05, 0) is 25.0 Å². The highest BCUT2D eigenvalue weighted by molar-refractivity contribution is 8.00. The van der Waals surface area contributed by atoms with Crippen molar-refractivity contribution in [3.8, 4) is 0 Å². The molecule has 0 N–H and O–H groups in total. The quantitative estimate of drug-likeness (QED) is 0.506. The Kier molecular flexibility index (Phi) is 7.93. The average Bonchev–Trinajstić information content (AvgIpc) is 2.15. The van der Waals surface area contributed by atoms with Gasteiger partial charge in [-0.3, -0.25) is 0 Å². The van der Waals surface area contributed by atoms with E-state index in [1.807, 2.05) is 0 Å². The van der Waals surface area contributed by atoms with Crippen LogP contribution < -0.4 is 0 Å². The van der Waals surface area contributed by atoms with Crippen LogP contribution in [0.4, 0.5) is 0 Å². The Labute approximate surface area is 88.9 Å². The van der Waals surface area contributed by atoms with Gasteiger partial charge in [-0.15, -0.1) is 0 Å². The van der Waals surface area contributed by atoms with Gasteiger partial charge >= 0.3 is 0 Å². The van der Waals surface area contributed by atoms with E-state index in [-0.39, 0.29) is 0 Å². The topological polar surface area (TPSA) is 0 Å². The molecule has 0 saturated heterocycles. The predicted octanol–water partition coefficient (Wildman–Crippen LogP) is 4.88. The number of hydrogen-bond donors (Lipinski definition) is 0. The normalized spacial score (nSPS) is 15.7. The zero-order valence-electron chi connectivity index (χ0n) is 9.86. The van der Waals surface area contributed by atoms with Crippen molar-refractivity contribution in [2.75, 3.05) is 5.75 Å². The lowest BCUT2D eigenvalue weighted by atomic mass is 10.0. The van der Waals surface area contributed by atoms with Crippen LogP contribution in [0.3, 0.4) is 0 Å². The smallest absolute Gasteiger partial charge is 0.0129 e. The molecule has 0 heterocycles. The van der Waals surface area contributed by atoms with Crippen molar-refractivity contribution in [1.82, 2.24) is 0 Å². The summed E-state index contributed by atoms with van der Waals surface area (Å²) in [6.45, 7) is 9.32. The van der Waals surface area contributed by atoms with Crippen LogP contribution in [0.5, 0.6) is 0 Å². The van der Waals surface area contributed by atoms with Crippen LogP contribution in [0.25, 0.3) is 0 Å². The Balaban J connectivity index is 3.67. The SMILES string of the molecule is CCCCSC(C)(CC)CCCC. The summed E-state index contributed by atoms with van der Waals surface area (Å²) < 4.78 is 0.561. The number of rotatable bonds is 8. The van der Waals surface area contributed by atoms with Gasteiger partial charge < -0.3 is 0 Å². The maximum atomic E-state index is 2.43. The van der Waals surface area contributed by atoms with Crippen LogP contribution in [-0.4, -0.2) is 10.5 Å². The Morgan fingerprint density at radius 3 is 2.08 bits per heavy atom. The Morgan fingerprint density at radius 1 is 1.00 bits per heavy atom. The first-order valence-corrected chi connectivity index (χ1v) is 6.81. The fourth-order valence-electron chi connectivity index (χ4n) is 1.36. The summed E-state index contributed by atoms with van der Waals surface area (Å²) in [6.07, 6.45) is 8.16. The fourth-order valence-corrected chi connectivity index (χ4v) is 2.78. The van der Waals surface area contributed by atoms with Crippen LogP contribution in [0.2, 0.25) is 0 Å². The highest BCUT2D eigenvalue weighted by Gasteiger charge is 2.20. The predicted molar refractivity (Wildman–Crippen MR) is 65.6 cm³/mol. The number of unbranched alkanes of at least 4 members (excludes halogenated alkanes) is 2. The third-order valence-corrected chi connectivity index (χ3v) is 4.44. The summed E-state index contributed by atoms with van der Waals surface area (Å²) in [6, 6.07) is 0. The first kappa shape index (κ1) is 13.4. The Morgan fingerprint density at radius 2 is 1.62 bits per heavy atom. The second-order valence-corrected chi connectivity index (χ2v) is 5.79. The molecule has 1 heteroatoms. The molecule has 0 spiro atoms. The fraction of sp³-hybridized carbons (Fsp3) is 1.00. The molecule has 0 rings (SSSR count). The molecule has 0 nitrogen and oxygen atoms in total. The average molecular weight is 202 g/mol. The minimum absolute atomic E-state index is 0.561. The maximum absolute atomic E-state index is 2.43. The van der Waals surface area contributed by atoms with Gasteiger partial charge in [-0.25, -0.2) is 0 Å². The minimum Gasteiger partial charge on any atom is -0.155 e. The van der Waals surface area contributed by atoms with Crippen molar-refractivity contribution in [3.05, 3.63) is 0 Å².